The van der Waals surface area contributed by atoms with Gasteiger partial charge in [0, 0.05) is 5.56 Å². The molecule has 0 atom stereocenters. The Hall–Kier alpha value is -3.45. The molecule has 2 aromatic heterocycles. The Morgan fingerprint density at radius 2 is 1.77 bits per heavy atom. The van der Waals surface area contributed by atoms with E-state index in [1.165, 1.54) is 15.9 Å². The molecule has 0 fully saturated rings. The minimum Gasteiger partial charge on any atom is -0.494 e. The van der Waals surface area contributed by atoms with Crippen LogP contribution in [0.5, 0.6) is 11.5 Å². The predicted molar refractivity (Wildman–Crippen MR) is 124 cm³/mol. The van der Waals surface area contributed by atoms with Gasteiger partial charge >= 0.3 is 0 Å². The van der Waals surface area contributed by atoms with E-state index < -0.39 is 0 Å². The standard InChI is InChI=1S/C24H23N3O3S/c1-3-5-15-30-19-10-6-17(7-11-19)16-21-23(28)27-24(31-21)25-22(26-27)18-8-12-20(13-9-18)29-14-4-2/h4,6-13,16H,2-3,5,14-15H2,1H3/b21-16-. The van der Waals surface area contributed by atoms with Crippen molar-refractivity contribution in [3.8, 4) is 22.9 Å². The van der Waals surface area contributed by atoms with Gasteiger partial charge in [-0.3, -0.25) is 4.79 Å². The lowest BCUT2D eigenvalue weighted by Crippen LogP contribution is -2.23. The van der Waals surface area contributed by atoms with Gasteiger partial charge < -0.3 is 9.47 Å². The average molecular weight is 434 g/mol. The van der Waals surface area contributed by atoms with Crippen LogP contribution in [0.2, 0.25) is 0 Å². The monoisotopic (exact) mass is 433 g/mol. The number of aromatic nitrogens is 3. The van der Waals surface area contributed by atoms with Crippen LogP contribution in [0.25, 0.3) is 22.4 Å². The van der Waals surface area contributed by atoms with Crippen molar-refractivity contribution in [1.82, 2.24) is 14.6 Å². The molecule has 6 nitrogen and oxygen atoms in total. The summed E-state index contributed by atoms with van der Waals surface area (Å²) in [6, 6.07) is 15.2. The first-order chi connectivity index (χ1) is 15.2. The Balaban J connectivity index is 1.55. The molecule has 0 saturated heterocycles. The molecule has 0 aliphatic rings. The third kappa shape index (κ3) is 4.83. The summed E-state index contributed by atoms with van der Waals surface area (Å²) in [6.45, 7) is 6.93. The summed E-state index contributed by atoms with van der Waals surface area (Å²) in [6.07, 6.45) is 5.68. The zero-order valence-corrected chi connectivity index (χ0v) is 18.1. The lowest BCUT2D eigenvalue weighted by atomic mass is 10.2. The normalized spacial score (nSPS) is 11.7. The lowest BCUT2D eigenvalue weighted by Gasteiger charge is -2.04. The van der Waals surface area contributed by atoms with Gasteiger partial charge in [0.15, 0.2) is 5.82 Å². The highest BCUT2D eigenvalue weighted by molar-refractivity contribution is 7.15. The molecule has 0 spiro atoms. The van der Waals surface area contributed by atoms with Gasteiger partial charge in [-0.15, -0.1) is 5.10 Å². The van der Waals surface area contributed by atoms with E-state index in [4.69, 9.17) is 9.47 Å². The van der Waals surface area contributed by atoms with Crippen molar-refractivity contribution >= 4 is 22.4 Å². The van der Waals surface area contributed by atoms with Gasteiger partial charge in [-0.2, -0.15) is 9.50 Å². The van der Waals surface area contributed by atoms with Crippen LogP contribution >= 0.6 is 11.3 Å². The highest BCUT2D eigenvalue weighted by Crippen LogP contribution is 2.20. The summed E-state index contributed by atoms with van der Waals surface area (Å²) in [4.78, 5) is 17.9. The largest absolute Gasteiger partial charge is 0.494 e. The molecule has 2 heterocycles. The SMILES string of the molecule is C=CCOc1ccc(-c2nc3s/c(=C\c4ccc(OCCCC)cc4)c(=O)n3n2)cc1. The molecule has 31 heavy (non-hydrogen) atoms. The third-order valence-corrected chi connectivity index (χ3v) is 5.57. The number of hydrogen-bond acceptors (Lipinski definition) is 6. The van der Waals surface area contributed by atoms with E-state index in [0.29, 0.717) is 28.5 Å². The summed E-state index contributed by atoms with van der Waals surface area (Å²) < 4.78 is 13.1. The van der Waals surface area contributed by atoms with Gasteiger partial charge in [0.2, 0.25) is 4.96 Å². The molecule has 0 aliphatic heterocycles. The van der Waals surface area contributed by atoms with Crippen LogP contribution in [0.1, 0.15) is 25.3 Å². The Morgan fingerprint density at radius 1 is 1.06 bits per heavy atom. The maximum Gasteiger partial charge on any atom is 0.291 e. The fraction of sp³-hybridized carbons (Fsp3) is 0.208. The van der Waals surface area contributed by atoms with E-state index in [-0.39, 0.29) is 5.56 Å². The van der Waals surface area contributed by atoms with Crippen LogP contribution in [0.3, 0.4) is 0 Å². The van der Waals surface area contributed by atoms with Crippen molar-refractivity contribution in [2.24, 2.45) is 0 Å². The number of nitrogens with zero attached hydrogens (tertiary/aromatic N) is 3. The number of unbranched alkanes of at least 4 members (excludes halogenated alkanes) is 1. The highest BCUT2D eigenvalue weighted by atomic mass is 32.1. The lowest BCUT2D eigenvalue weighted by molar-refractivity contribution is 0.309. The van der Waals surface area contributed by atoms with E-state index >= 15 is 0 Å². The Labute approximate surface area is 184 Å². The van der Waals surface area contributed by atoms with Crippen LogP contribution in [0.4, 0.5) is 0 Å². The molecule has 4 rings (SSSR count). The second kappa shape index (κ2) is 9.57. The predicted octanol–water partition coefficient (Wildman–Crippen LogP) is 4.11. The number of fused-ring (bicyclic) bond motifs is 1. The number of hydrogen-bond donors (Lipinski definition) is 0. The maximum atomic E-state index is 12.8. The fourth-order valence-electron chi connectivity index (χ4n) is 2.96. The minimum absolute atomic E-state index is 0.173. The zero-order chi connectivity index (χ0) is 21.6. The van der Waals surface area contributed by atoms with Gasteiger partial charge in [-0.05, 0) is 54.5 Å². The molecule has 7 heteroatoms. The first kappa shape index (κ1) is 20.8. The molecular weight excluding hydrogens is 410 g/mol. The van der Waals surface area contributed by atoms with Crippen LogP contribution in [-0.4, -0.2) is 27.8 Å². The van der Waals surface area contributed by atoms with Gasteiger partial charge in [-0.25, -0.2) is 0 Å². The maximum absolute atomic E-state index is 12.8. The second-order valence-electron chi connectivity index (χ2n) is 6.94. The Morgan fingerprint density at radius 3 is 2.45 bits per heavy atom. The highest BCUT2D eigenvalue weighted by Gasteiger charge is 2.12. The topological polar surface area (TPSA) is 65.7 Å². The summed E-state index contributed by atoms with van der Waals surface area (Å²) in [7, 11) is 0. The summed E-state index contributed by atoms with van der Waals surface area (Å²) >= 11 is 1.32. The van der Waals surface area contributed by atoms with Crippen molar-refractivity contribution < 1.29 is 9.47 Å². The molecule has 0 amide bonds. The van der Waals surface area contributed by atoms with E-state index in [1.54, 1.807) is 6.08 Å². The first-order valence-electron chi connectivity index (χ1n) is 10.2. The summed E-state index contributed by atoms with van der Waals surface area (Å²) in [5, 5.41) is 4.40. The first-order valence-corrected chi connectivity index (χ1v) is 11.0. The number of benzene rings is 2. The number of ether oxygens (including phenoxy) is 2. The quantitative estimate of drug-likeness (QED) is 0.294. The van der Waals surface area contributed by atoms with Crippen molar-refractivity contribution in [2.75, 3.05) is 13.2 Å². The molecule has 2 aromatic carbocycles. The minimum atomic E-state index is -0.173. The Kier molecular flexibility index (Phi) is 6.43. The van der Waals surface area contributed by atoms with E-state index in [0.717, 1.165) is 35.5 Å². The number of thiazole rings is 1. The van der Waals surface area contributed by atoms with Gasteiger partial charge in [0.25, 0.3) is 5.56 Å². The van der Waals surface area contributed by atoms with Gasteiger partial charge in [0.1, 0.15) is 18.1 Å². The van der Waals surface area contributed by atoms with E-state index in [2.05, 4.69) is 23.6 Å². The molecule has 4 aromatic rings. The Bertz CT molecular complexity index is 1270. The molecule has 0 radical (unpaired) electrons. The van der Waals surface area contributed by atoms with Gasteiger partial charge in [0.05, 0.1) is 11.1 Å². The average Bonchev–Trinajstić information content (AvgIpc) is 3.33. The molecule has 0 unspecified atom stereocenters. The molecular formula is C24H23N3O3S. The van der Waals surface area contributed by atoms with Crippen molar-refractivity contribution in [3.05, 3.63) is 81.6 Å². The van der Waals surface area contributed by atoms with Crippen molar-refractivity contribution in [1.29, 1.82) is 0 Å². The third-order valence-electron chi connectivity index (χ3n) is 4.61. The smallest absolute Gasteiger partial charge is 0.291 e. The second-order valence-corrected chi connectivity index (χ2v) is 7.95. The van der Waals surface area contributed by atoms with Crippen molar-refractivity contribution in [3.63, 3.8) is 0 Å². The van der Waals surface area contributed by atoms with Gasteiger partial charge in [-0.1, -0.05) is 49.5 Å². The van der Waals surface area contributed by atoms with E-state index in [9.17, 15) is 4.79 Å². The molecule has 0 saturated carbocycles. The van der Waals surface area contributed by atoms with Crippen molar-refractivity contribution in [2.45, 2.75) is 19.8 Å². The van der Waals surface area contributed by atoms with Crippen LogP contribution in [0.15, 0.2) is 66.0 Å². The summed E-state index contributed by atoms with van der Waals surface area (Å²) in [5.41, 5.74) is 1.58. The molecule has 0 N–H and O–H groups in total. The fourth-order valence-corrected chi connectivity index (χ4v) is 3.87. The number of rotatable bonds is 9. The molecule has 0 bridgehead atoms. The zero-order valence-electron chi connectivity index (χ0n) is 17.3. The van der Waals surface area contributed by atoms with E-state index in [1.807, 2.05) is 54.6 Å². The van der Waals surface area contributed by atoms with Crippen LogP contribution in [0, 0.1) is 0 Å². The summed E-state index contributed by atoms with van der Waals surface area (Å²) in [5.74, 6) is 2.09. The molecule has 158 valence electrons. The molecule has 0 aliphatic carbocycles. The van der Waals surface area contributed by atoms with Crippen LogP contribution < -0.4 is 19.6 Å². The van der Waals surface area contributed by atoms with Crippen LogP contribution in [-0.2, 0) is 0 Å².